The van der Waals surface area contributed by atoms with E-state index in [1.54, 1.807) is 24.3 Å². The highest BCUT2D eigenvalue weighted by molar-refractivity contribution is 7.91. The van der Waals surface area contributed by atoms with Crippen molar-refractivity contribution >= 4 is 21.7 Å². The average Bonchev–Trinajstić information content (AvgIpc) is 2.93. The number of nitrogens with zero attached hydrogens (tertiary/aromatic N) is 2. The summed E-state index contributed by atoms with van der Waals surface area (Å²) in [5.74, 6) is -0.211. The van der Waals surface area contributed by atoms with Gasteiger partial charge in [-0.2, -0.15) is 0 Å². The number of sulfone groups is 1. The summed E-state index contributed by atoms with van der Waals surface area (Å²) in [6.45, 7) is 3.12. The van der Waals surface area contributed by atoms with Gasteiger partial charge in [0.15, 0.2) is 9.84 Å². The van der Waals surface area contributed by atoms with Crippen LogP contribution in [0.1, 0.15) is 27.1 Å². The second-order valence-corrected chi connectivity index (χ2v) is 8.97. The van der Waals surface area contributed by atoms with Gasteiger partial charge in [-0.25, -0.2) is 8.42 Å². The molecule has 2 amide bonds. The van der Waals surface area contributed by atoms with Crippen LogP contribution in [0.3, 0.4) is 0 Å². The normalized spacial score (nSPS) is 23.4. The molecule has 2 aliphatic rings. The van der Waals surface area contributed by atoms with E-state index in [2.05, 4.69) is 10.2 Å². The lowest BCUT2D eigenvalue weighted by Crippen LogP contribution is -2.47. The lowest BCUT2D eigenvalue weighted by atomic mass is 10.1. The summed E-state index contributed by atoms with van der Waals surface area (Å²) >= 11 is 0. The minimum Gasteiger partial charge on any atom is -0.348 e. The Bertz CT molecular complexity index is 753. The highest BCUT2D eigenvalue weighted by Gasteiger charge is 2.29. The molecule has 0 radical (unpaired) electrons. The first kappa shape index (κ1) is 17.9. The summed E-state index contributed by atoms with van der Waals surface area (Å²) in [6.07, 6.45) is 0.452. The number of hydrogen-bond donors (Lipinski definition) is 1. The third kappa shape index (κ3) is 4.38. The molecule has 136 valence electrons. The van der Waals surface area contributed by atoms with E-state index in [1.165, 1.54) is 0 Å². The molecule has 1 atom stereocenters. The minimum atomic E-state index is -3.03. The first-order valence-electron chi connectivity index (χ1n) is 8.43. The number of hydrogen-bond acceptors (Lipinski definition) is 5. The summed E-state index contributed by atoms with van der Waals surface area (Å²) in [6, 6.07) is 6.20. The standard InChI is InChI=1S/C17H23N3O4S/c1-19-7-9-20(10-8-19)17(22)14-4-2-13(3-5-14)16(21)18-15-6-11-25(23,24)12-15/h2-5,15H,6-12H2,1H3,(H,18,21). The second kappa shape index (κ2) is 7.13. The van der Waals surface area contributed by atoms with Gasteiger partial charge in [-0.3, -0.25) is 9.59 Å². The summed E-state index contributed by atoms with van der Waals surface area (Å²) < 4.78 is 22.9. The Morgan fingerprint density at radius 3 is 2.20 bits per heavy atom. The zero-order chi connectivity index (χ0) is 18.0. The smallest absolute Gasteiger partial charge is 0.253 e. The zero-order valence-corrected chi connectivity index (χ0v) is 15.1. The molecular formula is C17H23N3O4S. The predicted molar refractivity (Wildman–Crippen MR) is 94.4 cm³/mol. The number of nitrogens with one attached hydrogen (secondary N) is 1. The Morgan fingerprint density at radius 2 is 1.64 bits per heavy atom. The van der Waals surface area contributed by atoms with Gasteiger partial charge in [0, 0.05) is 43.3 Å². The molecule has 3 rings (SSSR count). The Morgan fingerprint density at radius 1 is 1.04 bits per heavy atom. The SMILES string of the molecule is CN1CCN(C(=O)c2ccc(C(=O)NC3CCS(=O)(=O)C3)cc2)CC1. The molecule has 0 spiro atoms. The molecule has 0 aliphatic carbocycles. The molecule has 2 heterocycles. The monoisotopic (exact) mass is 365 g/mol. The highest BCUT2D eigenvalue weighted by atomic mass is 32.2. The fourth-order valence-electron chi connectivity index (χ4n) is 3.13. The van der Waals surface area contributed by atoms with E-state index < -0.39 is 9.84 Å². The van der Waals surface area contributed by atoms with Gasteiger partial charge < -0.3 is 15.1 Å². The van der Waals surface area contributed by atoms with E-state index in [0.717, 1.165) is 13.1 Å². The molecular weight excluding hydrogens is 342 g/mol. The van der Waals surface area contributed by atoms with Crippen LogP contribution in [0.2, 0.25) is 0 Å². The quantitative estimate of drug-likeness (QED) is 0.814. The zero-order valence-electron chi connectivity index (χ0n) is 14.3. The van der Waals surface area contributed by atoms with E-state index in [1.807, 2.05) is 11.9 Å². The van der Waals surface area contributed by atoms with Crippen LogP contribution in [0.15, 0.2) is 24.3 Å². The Hall–Kier alpha value is -1.93. The minimum absolute atomic E-state index is 0.00127. The maximum absolute atomic E-state index is 12.5. The molecule has 0 saturated carbocycles. The van der Waals surface area contributed by atoms with Crippen molar-refractivity contribution in [2.45, 2.75) is 12.5 Å². The van der Waals surface area contributed by atoms with Crippen molar-refractivity contribution in [3.05, 3.63) is 35.4 Å². The van der Waals surface area contributed by atoms with E-state index in [0.29, 0.717) is 30.6 Å². The molecule has 1 aromatic rings. The molecule has 2 saturated heterocycles. The number of benzene rings is 1. The van der Waals surface area contributed by atoms with Crippen molar-refractivity contribution in [1.29, 1.82) is 0 Å². The van der Waals surface area contributed by atoms with Crippen molar-refractivity contribution < 1.29 is 18.0 Å². The van der Waals surface area contributed by atoms with E-state index in [4.69, 9.17) is 0 Å². The second-order valence-electron chi connectivity index (χ2n) is 6.75. The Kier molecular flexibility index (Phi) is 5.10. The van der Waals surface area contributed by atoms with Crippen LogP contribution in [0.5, 0.6) is 0 Å². The van der Waals surface area contributed by atoms with Crippen LogP contribution >= 0.6 is 0 Å². The van der Waals surface area contributed by atoms with E-state index in [-0.39, 0.29) is 29.4 Å². The number of carbonyl (C=O) groups is 2. The van der Waals surface area contributed by atoms with Gasteiger partial charge in [0.1, 0.15) is 0 Å². The molecule has 0 bridgehead atoms. The third-order valence-electron chi connectivity index (χ3n) is 4.75. The molecule has 0 aromatic heterocycles. The van der Waals surface area contributed by atoms with Crippen molar-refractivity contribution in [2.75, 3.05) is 44.7 Å². The average molecular weight is 365 g/mol. The van der Waals surface area contributed by atoms with E-state index >= 15 is 0 Å². The van der Waals surface area contributed by atoms with Crippen LogP contribution < -0.4 is 5.32 Å². The highest BCUT2D eigenvalue weighted by Crippen LogP contribution is 2.13. The van der Waals surface area contributed by atoms with Gasteiger partial charge in [-0.05, 0) is 37.7 Å². The first-order chi connectivity index (χ1) is 11.8. The van der Waals surface area contributed by atoms with Gasteiger partial charge >= 0.3 is 0 Å². The van der Waals surface area contributed by atoms with Gasteiger partial charge in [0.25, 0.3) is 11.8 Å². The van der Waals surface area contributed by atoms with Crippen molar-refractivity contribution in [3.63, 3.8) is 0 Å². The van der Waals surface area contributed by atoms with Crippen LogP contribution in [0.4, 0.5) is 0 Å². The molecule has 8 heteroatoms. The van der Waals surface area contributed by atoms with E-state index in [9.17, 15) is 18.0 Å². The number of likely N-dealkylation sites (N-methyl/N-ethyl adjacent to an activating group) is 1. The first-order valence-corrected chi connectivity index (χ1v) is 10.3. The topological polar surface area (TPSA) is 86.8 Å². The van der Waals surface area contributed by atoms with Gasteiger partial charge in [0.2, 0.25) is 0 Å². The fraction of sp³-hybridized carbons (Fsp3) is 0.529. The Labute approximate surface area is 147 Å². The third-order valence-corrected chi connectivity index (χ3v) is 6.52. The molecule has 7 nitrogen and oxygen atoms in total. The Balaban J connectivity index is 1.60. The summed E-state index contributed by atoms with van der Waals surface area (Å²) in [5, 5.41) is 2.75. The molecule has 25 heavy (non-hydrogen) atoms. The summed E-state index contributed by atoms with van der Waals surface area (Å²) in [4.78, 5) is 28.7. The summed E-state index contributed by atoms with van der Waals surface area (Å²) in [7, 11) is -0.993. The number of piperazine rings is 1. The van der Waals surface area contributed by atoms with Gasteiger partial charge in [-0.1, -0.05) is 0 Å². The molecule has 2 fully saturated rings. The lowest BCUT2D eigenvalue weighted by molar-refractivity contribution is 0.0663. The fourth-order valence-corrected chi connectivity index (χ4v) is 4.81. The maximum Gasteiger partial charge on any atom is 0.253 e. The van der Waals surface area contributed by atoms with Crippen molar-refractivity contribution in [1.82, 2.24) is 15.1 Å². The maximum atomic E-state index is 12.5. The van der Waals surface area contributed by atoms with Gasteiger partial charge in [-0.15, -0.1) is 0 Å². The molecule has 1 aromatic carbocycles. The molecule has 1 unspecified atom stereocenters. The van der Waals surface area contributed by atoms with Crippen LogP contribution in [-0.4, -0.2) is 80.8 Å². The molecule has 1 N–H and O–H groups in total. The largest absolute Gasteiger partial charge is 0.348 e. The van der Waals surface area contributed by atoms with Crippen LogP contribution in [0.25, 0.3) is 0 Å². The number of carbonyl (C=O) groups excluding carboxylic acids is 2. The lowest BCUT2D eigenvalue weighted by Gasteiger charge is -2.32. The van der Waals surface area contributed by atoms with Crippen molar-refractivity contribution in [2.24, 2.45) is 0 Å². The van der Waals surface area contributed by atoms with Gasteiger partial charge in [0.05, 0.1) is 11.5 Å². The number of rotatable bonds is 3. The summed E-state index contributed by atoms with van der Waals surface area (Å²) in [5.41, 5.74) is 0.990. The van der Waals surface area contributed by atoms with Crippen LogP contribution in [-0.2, 0) is 9.84 Å². The van der Waals surface area contributed by atoms with Crippen molar-refractivity contribution in [3.8, 4) is 0 Å². The van der Waals surface area contributed by atoms with Crippen LogP contribution in [0, 0.1) is 0 Å². The predicted octanol–water partition coefficient (Wildman–Crippen LogP) is -0.00890. The molecule has 2 aliphatic heterocycles. The number of amides is 2.